The van der Waals surface area contributed by atoms with Crippen molar-refractivity contribution in [2.24, 2.45) is 5.11 Å². The molecule has 1 aromatic rings. The van der Waals surface area contributed by atoms with Gasteiger partial charge < -0.3 is 15.4 Å². The minimum Gasteiger partial charge on any atom is -0.445 e. The van der Waals surface area contributed by atoms with E-state index in [1.54, 1.807) is 0 Å². The average molecular weight is 446 g/mol. The first kappa shape index (κ1) is 27.3. The summed E-state index contributed by atoms with van der Waals surface area (Å²) in [4.78, 5) is 26.2. The number of azide groups is 1. The highest BCUT2D eigenvalue weighted by molar-refractivity contribution is 5.75. The van der Waals surface area contributed by atoms with Crippen LogP contribution in [0.2, 0.25) is 0 Å². The van der Waals surface area contributed by atoms with E-state index in [1.807, 2.05) is 30.3 Å². The van der Waals surface area contributed by atoms with Gasteiger partial charge in [0.2, 0.25) is 5.91 Å². The van der Waals surface area contributed by atoms with Gasteiger partial charge in [-0.25, -0.2) is 4.79 Å². The van der Waals surface area contributed by atoms with Crippen molar-refractivity contribution < 1.29 is 14.3 Å². The number of unbranched alkanes of at least 4 members (excludes halogenated alkanes) is 9. The van der Waals surface area contributed by atoms with Crippen LogP contribution < -0.4 is 10.6 Å². The van der Waals surface area contributed by atoms with Crippen LogP contribution in [-0.4, -0.2) is 31.6 Å². The van der Waals surface area contributed by atoms with Gasteiger partial charge >= 0.3 is 6.09 Å². The Morgan fingerprint density at radius 2 is 1.41 bits per heavy atom. The zero-order valence-corrected chi connectivity index (χ0v) is 19.3. The number of nitrogens with zero attached hydrogens (tertiary/aromatic N) is 3. The Balaban J connectivity index is 1.81. The van der Waals surface area contributed by atoms with E-state index < -0.39 is 6.09 Å². The van der Waals surface area contributed by atoms with Crippen LogP contribution in [0.1, 0.15) is 82.6 Å². The van der Waals surface area contributed by atoms with Crippen LogP contribution in [0.5, 0.6) is 0 Å². The molecular weight excluding hydrogens is 406 g/mol. The van der Waals surface area contributed by atoms with Crippen LogP contribution in [0.15, 0.2) is 35.4 Å². The maximum absolute atomic E-state index is 11.9. The molecule has 0 aliphatic heterocycles. The third-order valence-electron chi connectivity index (χ3n) is 5.13. The molecule has 0 saturated heterocycles. The number of amides is 2. The second-order valence-electron chi connectivity index (χ2n) is 7.93. The quantitative estimate of drug-likeness (QED) is 0.117. The summed E-state index contributed by atoms with van der Waals surface area (Å²) >= 11 is 0. The molecule has 1 aromatic carbocycles. The van der Waals surface area contributed by atoms with Crippen molar-refractivity contribution in [1.82, 2.24) is 10.6 Å². The van der Waals surface area contributed by atoms with Crippen molar-refractivity contribution in [3.8, 4) is 0 Å². The summed E-state index contributed by atoms with van der Waals surface area (Å²) in [5.41, 5.74) is 9.16. The molecule has 32 heavy (non-hydrogen) atoms. The molecule has 1 rings (SSSR count). The Kier molecular flexibility index (Phi) is 17.2. The lowest BCUT2D eigenvalue weighted by molar-refractivity contribution is -0.121. The number of rotatable bonds is 19. The fourth-order valence-corrected chi connectivity index (χ4v) is 3.28. The highest BCUT2D eigenvalue weighted by Gasteiger charge is 2.03. The van der Waals surface area contributed by atoms with Gasteiger partial charge in [-0.3, -0.25) is 4.79 Å². The number of benzene rings is 1. The number of ether oxygens (including phenoxy) is 1. The molecule has 0 spiro atoms. The van der Waals surface area contributed by atoms with E-state index in [4.69, 9.17) is 10.3 Å². The minimum atomic E-state index is -0.406. The summed E-state index contributed by atoms with van der Waals surface area (Å²) in [7, 11) is 0. The molecule has 0 aliphatic carbocycles. The molecule has 0 aliphatic rings. The van der Waals surface area contributed by atoms with Gasteiger partial charge in [0.15, 0.2) is 0 Å². The van der Waals surface area contributed by atoms with E-state index in [0.29, 0.717) is 19.5 Å². The lowest BCUT2D eigenvalue weighted by Crippen LogP contribution is -2.25. The van der Waals surface area contributed by atoms with Crippen LogP contribution in [-0.2, 0) is 16.1 Å². The third kappa shape index (κ3) is 17.0. The monoisotopic (exact) mass is 445 g/mol. The summed E-state index contributed by atoms with van der Waals surface area (Å²) < 4.78 is 5.15. The van der Waals surface area contributed by atoms with Crippen LogP contribution in [0.25, 0.3) is 10.4 Å². The van der Waals surface area contributed by atoms with Crippen LogP contribution in [0.4, 0.5) is 4.79 Å². The van der Waals surface area contributed by atoms with Crippen molar-refractivity contribution in [2.75, 3.05) is 19.6 Å². The second kappa shape index (κ2) is 20.2. The van der Waals surface area contributed by atoms with Gasteiger partial charge in [-0.15, -0.1) is 0 Å². The first-order valence-electron chi connectivity index (χ1n) is 11.9. The number of carbonyl (C=O) groups is 2. The highest BCUT2D eigenvalue weighted by Crippen LogP contribution is 2.08. The van der Waals surface area contributed by atoms with E-state index in [0.717, 1.165) is 57.1 Å². The number of carbonyl (C=O) groups excluding carboxylic acids is 2. The average Bonchev–Trinajstić information content (AvgIpc) is 2.81. The van der Waals surface area contributed by atoms with Crippen molar-refractivity contribution in [3.05, 3.63) is 46.3 Å². The summed E-state index contributed by atoms with van der Waals surface area (Å²) in [6.07, 6.45) is 11.8. The molecule has 0 saturated carbocycles. The van der Waals surface area contributed by atoms with Gasteiger partial charge in [0, 0.05) is 31.0 Å². The topological polar surface area (TPSA) is 116 Å². The largest absolute Gasteiger partial charge is 0.445 e. The van der Waals surface area contributed by atoms with E-state index >= 15 is 0 Å². The Labute approximate surface area is 192 Å². The van der Waals surface area contributed by atoms with E-state index in [2.05, 4.69) is 20.7 Å². The zero-order chi connectivity index (χ0) is 23.1. The Bertz CT molecular complexity index is 663. The normalized spacial score (nSPS) is 10.2. The first-order chi connectivity index (χ1) is 15.7. The summed E-state index contributed by atoms with van der Waals surface area (Å²) in [5, 5.41) is 9.26. The molecule has 8 nitrogen and oxygen atoms in total. The standard InChI is InChI=1S/C24H39N5O3/c25-29-28-20-14-6-4-2-1-3-5-12-18-26-23(30)17-11-8-13-19-27-24(31)32-21-22-15-9-7-10-16-22/h7,9-10,15-16H,1-6,8,11-14,17-21H2,(H,26,30)(H,27,31). The van der Waals surface area contributed by atoms with E-state index in [9.17, 15) is 9.59 Å². The van der Waals surface area contributed by atoms with Gasteiger partial charge in [0.25, 0.3) is 0 Å². The van der Waals surface area contributed by atoms with E-state index in [-0.39, 0.29) is 12.5 Å². The Morgan fingerprint density at radius 1 is 0.812 bits per heavy atom. The van der Waals surface area contributed by atoms with Crippen molar-refractivity contribution >= 4 is 12.0 Å². The maximum atomic E-state index is 11.9. The van der Waals surface area contributed by atoms with Gasteiger partial charge in [-0.2, -0.15) is 0 Å². The van der Waals surface area contributed by atoms with Gasteiger partial charge in [-0.05, 0) is 36.8 Å². The van der Waals surface area contributed by atoms with Crippen molar-refractivity contribution in [2.45, 2.75) is 83.7 Å². The van der Waals surface area contributed by atoms with Crippen LogP contribution >= 0.6 is 0 Å². The predicted molar refractivity (Wildman–Crippen MR) is 127 cm³/mol. The number of nitrogens with one attached hydrogen (secondary N) is 2. The lowest BCUT2D eigenvalue weighted by Gasteiger charge is -2.07. The number of alkyl carbamates (subject to hydrolysis) is 1. The van der Waals surface area contributed by atoms with Crippen LogP contribution in [0, 0.1) is 0 Å². The number of hydrogen-bond donors (Lipinski definition) is 2. The Morgan fingerprint density at radius 3 is 2.09 bits per heavy atom. The Hall–Kier alpha value is -2.73. The van der Waals surface area contributed by atoms with Crippen molar-refractivity contribution in [3.63, 3.8) is 0 Å². The molecule has 0 radical (unpaired) electrons. The third-order valence-corrected chi connectivity index (χ3v) is 5.13. The summed E-state index contributed by atoms with van der Waals surface area (Å²) in [6, 6.07) is 9.58. The van der Waals surface area contributed by atoms with Gasteiger partial charge in [0.1, 0.15) is 6.61 Å². The van der Waals surface area contributed by atoms with E-state index in [1.165, 1.54) is 25.7 Å². The molecular formula is C24H39N5O3. The molecule has 0 bridgehead atoms. The molecule has 0 atom stereocenters. The van der Waals surface area contributed by atoms with Crippen molar-refractivity contribution in [1.29, 1.82) is 0 Å². The summed E-state index contributed by atoms with van der Waals surface area (Å²) in [6.45, 7) is 2.19. The molecule has 0 heterocycles. The SMILES string of the molecule is [N-]=[N+]=NCCCCCCCCCCNC(=O)CCCCCNC(=O)OCc1ccccc1. The fourth-order valence-electron chi connectivity index (χ4n) is 3.28. The second-order valence-corrected chi connectivity index (χ2v) is 7.93. The highest BCUT2D eigenvalue weighted by atomic mass is 16.5. The molecule has 0 fully saturated rings. The lowest BCUT2D eigenvalue weighted by atomic mass is 10.1. The minimum absolute atomic E-state index is 0.111. The molecule has 178 valence electrons. The fraction of sp³-hybridized carbons (Fsp3) is 0.667. The smallest absolute Gasteiger partial charge is 0.407 e. The van der Waals surface area contributed by atoms with Gasteiger partial charge in [0.05, 0.1) is 0 Å². The van der Waals surface area contributed by atoms with Gasteiger partial charge in [-0.1, -0.05) is 80.4 Å². The molecule has 0 aromatic heterocycles. The maximum Gasteiger partial charge on any atom is 0.407 e. The first-order valence-corrected chi connectivity index (χ1v) is 11.9. The summed E-state index contributed by atoms with van der Waals surface area (Å²) in [5.74, 6) is 0.111. The number of hydrogen-bond acceptors (Lipinski definition) is 4. The zero-order valence-electron chi connectivity index (χ0n) is 19.3. The molecule has 0 unspecified atom stereocenters. The molecule has 8 heteroatoms. The van der Waals surface area contributed by atoms with Crippen LogP contribution in [0.3, 0.4) is 0 Å². The molecule has 2 N–H and O–H groups in total. The molecule has 2 amide bonds. The predicted octanol–water partition coefficient (Wildman–Crippen LogP) is 6.02.